The SMILES string of the molecule is Cc1nc(C(C)C)sc1COc1ccc(N)cc1. The average Bonchev–Trinajstić information content (AvgIpc) is 2.70. The number of benzene rings is 1. The smallest absolute Gasteiger partial charge is 0.124 e. The Morgan fingerprint density at radius 3 is 2.50 bits per heavy atom. The Bertz CT molecular complexity index is 517. The number of rotatable bonds is 4. The second kappa shape index (κ2) is 5.40. The maximum atomic E-state index is 5.74. The highest BCUT2D eigenvalue weighted by molar-refractivity contribution is 7.11. The van der Waals surface area contributed by atoms with Gasteiger partial charge in [-0.3, -0.25) is 0 Å². The summed E-state index contributed by atoms with van der Waals surface area (Å²) in [5.41, 5.74) is 7.45. The minimum Gasteiger partial charge on any atom is -0.488 e. The van der Waals surface area contributed by atoms with Gasteiger partial charge in [0.1, 0.15) is 12.4 Å². The van der Waals surface area contributed by atoms with E-state index in [0.29, 0.717) is 12.5 Å². The molecule has 18 heavy (non-hydrogen) atoms. The van der Waals surface area contributed by atoms with E-state index in [4.69, 9.17) is 10.5 Å². The molecule has 0 atom stereocenters. The van der Waals surface area contributed by atoms with E-state index >= 15 is 0 Å². The number of hydrogen-bond donors (Lipinski definition) is 1. The van der Waals surface area contributed by atoms with Gasteiger partial charge in [0.25, 0.3) is 0 Å². The number of ether oxygens (including phenoxy) is 1. The van der Waals surface area contributed by atoms with Crippen molar-refractivity contribution in [3.8, 4) is 5.75 Å². The largest absolute Gasteiger partial charge is 0.488 e. The van der Waals surface area contributed by atoms with Crippen LogP contribution in [0.5, 0.6) is 5.75 Å². The van der Waals surface area contributed by atoms with E-state index in [-0.39, 0.29) is 0 Å². The summed E-state index contributed by atoms with van der Waals surface area (Å²) in [6.07, 6.45) is 0. The second-order valence-corrected chi connectivity index (χ2v) is 5.69. The van der Waals surface area contributed by atoms with Gasteiger partial charge in [-0.25, -0.2) is 4.98 Å². The fourth-order valence-corrected chi connectivity index (χ4v) is 2.53. The Balaban J connectivity index is 2.03. The Kier molecular flexibility index (Phi) is 3.87. The van der Waals surface area contributed by atoms with Crippen molar-refractivity contribution in [2.24, 2.45) is 0 Å². The highest BCUT2D eigenvalue weighted by Gasteiger charge is 2.10. The van der Waals surface area contributed by atoms with E-state index in [1.165, 1.54) is 9.88 Å². The fraction of sp³-hybridized carbons (Fsp3) is 0.357. The van der Waals surface area contributed by atoms with E-state index < -0.39 is 0 Å². The van der Waals surface area contributed by atoms with Crippen molar-refractivity contribution in [3.63, 3.8) is 0 Å². The van der Waals surface area contributed by atoms with E-state index in [9.17, 15) is 0 Å². The number of hydrogen-bond acceptors (Lipinski definition) is 4. The summed E-state index contributed by atoms with van der Waals surface area (Å²) in [6, 6.07) is 7.45. The molecule has 0 saturated carbocycles. The van der Waals surface area contributed by atoms with Crippen LogP contribution in [0.25, 0.3) is 0 Å². The summed E-state index contributed by atoms with van der Waals surface area (Å²) in [6.45, 7) is 6.91. The normalized spacial score (nSPS) is 10.9. The van der Waals surface area contributed by atoms with Gasteiger partial charge in [0.2, 0.25) is 0 Å². The van der Waals surface area contributed by atoms with Gasteiger partial charge in [-0.05, 0) is 31.2 Å². The predicted molar refractivity (Wildman–Crippen MR) is 76.1 cm³/mol. The molecule has 2 rings (SSSR count). The molecule has 0 bridgehead atoms. The Morgan fingerprint density at radius 2 is 1.94 bits per heavy atom. The number of nitrogens with two attached hydrogens (primary N) is 1. The van der Waals surface area contributed by atoms with Crippen LogP contribution in [-0.2, 0) is 6.61 Å². The quantitative estimate of drug-likeness (QED) is 0.854. The van der Waals surface area contributed by atoms with Crippen LogP contribution in [0, 0.1) is 6.92 Å². The lowest BCUT2D eigenvalue weighted by atomic mass is 10.2. The summed E-state index contributed by atoms with van der Waals surface area (Å²) in [5.74, 6) is 1.31. The Morgan fingerprint density at radius 1 is 1.28 bits per heavy atom. The van der Waals surface area contributed by atoms with Crippen molar-refractivity contribution in [1.29, 1.82) is 0 Å². The molecule has 1 heterocycles. The zero-order valence-electron chi connectivity index (χ0n) is 10.9. The predicted octanol–water partition coefficient (Wildman–Crippen LogP) is 3.74. The number of nitrogens with zero attached hydrogens (tertiary/aromatic N) is 1. The molecule has 1 aromatic carbocycles. The van der Waals surface area contributed by atoms with Crippen molar-refractivity contribution in [2.45, 2.75) is 33.3 Å². The monoisotopic (exact) mass is 262 g/mol. The maximum absolute atomic E-state index is 5.74. The standard InChI is InChI=1S/C14H18N2OS/c1-9(2)14-16-10(3)13(18-14)8-17-12-6-4-11(15)5-7-12/h4-7,9H,8,15H2,1-3H3. The zero-order chi connectivity index (χ0) is 13.1. The molecular weight excluding hydrogens is 244 g/mol. The molecule has 0 amide bonds. The minimum atomic E-state index is 0.471. The first kappa shape index (κ1) is 12.9. The molecule has 2 aromatic rings. The summed E-state index contributed by atoms with van der Waals surface area (Å²) < 4.78 is 5.74. The van der Waals surface area contributed by atoms with Gasteiger partial charge in [0.05, 0.1) is 15.6 Å². The van der Waals surface area contributed by atoms with Gasteiger partial charge in [-0.15, -0.1) is 11.3 Å². The molecular formula is C14H18N2OS. The topological polar surface area (TPSA) is 48.1 Å². The van der Waals surface area contributed by atoms with Crippen LogP contribution in [0.1, 0.15) is 35.3 Å². The van der Waals surface area contributed by atoms with Crippen LogP contribution < -0.4 is 10.5 Å². The van der Waals surface area contributed by atoms with E-state index in [0.717, 1.165) is 17.1 Å². The van der Waals surface area contributed by atoms with E-state index in [2.05, 4.69) is 18.8 Å². The summed E-state index contributed by atoms with van der Waals surface area (Å²) in [4.78, 5) is 5.75. The number of nitrogen functional groups attached to an aromatic ring is 1. The van der Waals surface area contributed by atoms with Gasteiger partial charge < -0.3 is 10.5 Å². The maximum Gasteiger partial charge on any atom is 0.124 e. The molecule has 2 N–H and O–H groups in total. The third-order valence-corrected chi connectivity index (χ3v) is 4.08. The average molecular weight is 262 g/mol. The lowest BCUT2D eigenvalue weighted by molar-refractivity contribution is 0.309. The third-order valence-electron chi connectivity index (χ3n) is 2.65. The highest BCUT2D eigenvalue weighted by Crippen LogP contribution is 2.25. The van der Waals surface area contributed by atoms with Crippen molar-refractivity contribution in [2.75, 3.05) is 5.73 Å². The Hall–Kier alpha value is -1.55. The fourth-order valence-electron chi connectivity index (χ4n) is 1.54. The number of aryl methyl sites for hydroxylation is 1. The van der Waals surface area contributed by atoms with Gasteiger partial charge >= 0.3 is 0 Å². The van der Waals surface area contributed by atoms with Crippen LogP contribution in [0.4, 0.5) is 5.69 Å². The minimum absolute atomic E-state index is 0.471. The first-order chi connectivity index (χ1) is 8.56. The summed E-state index contributed by atoms with van der Waals surface area (Å²) in [5, 5.41) is 1.17. The molecule has 0 aliphatic carbocycles. The molecule has 0 saturated heterocycles. The van der Waals surface area contributed by atoms with Gasteiger partial charge in [0.15, 0.2) is 0 Å². The molecule has 0 unspecified atom stereocenters. The van der Waals surface area contributed by atoms with E-state index in [1.54, 1.807) is 11.3 Å². The highest BCUT2D eigenvalue weighted by atomic mass is 32.1. The van der Waals surface area contributed by atoms with Crippen molar-refractivity contribution in [3.05, 3.63) is 39.8 Å². The third kappa shape index (κ3) is 3.01. The second-order valence-electron chi connectivity index (χ2n) is 4.57. The molecule has 0 radical (unpaired) electrons. The zero-order valence-corrected chi connectivity index (χ0v) is 11.8. The van der Waals surface area contributed by atoms with E-state index in [1.807, 2.05) is 31.2 Å². The lowest BCUT2D eigenvalue weighted by Gasteiger charge is -2.05. The van der Waals surface area contributed by atoms with Gasteiger partial charge in [-0.2, -0.15) is 0 Å². The molecule has 0 aliphatic rings. The van der Waals surface area contributed by atoms with Crippen LogP contribution in [-0.4, -0.2) is 4.98 Å². The number of aromatic nitrogens is 1. The molecule has 4 heteroatoms. The first-order valence-corrected chi connectivity index (χ1v) is 6.82. The summed E-state index contributed by atoms with van der Waals surface area (Å²) >= 11 is 1.73. The first-order valence-electron chi connectivity index (χ1n) is 6.01. The van der Waals surface area contributed by atoms with Crippen molar-refractivity contribution in [1.82, 2.24) is 4.98 Å². The van der Waals surface area contributed by atoms with Crippen molar-refractivity contribution < 1.29 is 4.74 Å². The van der Waals surface area contributed by atoms with Crippen LogP contribution in [0.3, 0.4) is 0 Å². The molecule has 1 aromatic heterocycles. The molecule has 3 nitrogen and oxygen atoms in total. The van der Waals surface area contributed by atoms with Crippen molar-refractivity contribution >= 4 is 17.0 Å². The lowest BCUT2D eigenvalue weighted by Crippen LogP contribution is -1.95. The Labute approximate surface area is 112 Å². The van der Waals surface area contributed by atoms with Crippen LogP contribution >= 0.6 is 11.3 Å². The van der Waals surface area contributed by atoms with Crippen LogP contribution in [0.2, 0.25) is 0 Å². The number of anilines is 1. The van der Waals surface area contributed by atoms with Gasteiger partial charge in [-0.1, -0.05) is 13.8 Å². The molecule has 0 fully saturated rings. The van der Waals surface area contributed by atoms with Gasteiger partial charge in [0, 0.05) is 11.6 Å². The summed E-state index contributed by atoms with van der Waals surface area (Å²) in [7, 11) is 0. The van der Waals surface area contributed by atoms with Crippen LogP contribution in [0.15, 0.2) is 24.3 Å². The molecule has 96 valence electrons. The molecule has 0 spiro atoms. The molecule has 0 aliphatic heterocycles. The number of thiazole rings is 1.